The Balaban J connectivity index is 2.40. The van der Waals surface area contributed by atoms with Crippen molar-refractivity contribution in [3.8, 4) is 0 Å². The van der Waals surface area contributed by atoms with Crippen LogP contribution in [0.15, 0.2) is 12.2 Å². The van der Waals surface area contributed by atoms with Crippen molar-refractivity contribution in [2.24, 2.45) is 0 Å². The largest absolute Gasteiger partial charge is 0.0885 e. The van der Waals surface area contributed by atoms with Crippen LogP contribution in [0, 0.1) is 0 Å². The molecule has 0 N–H and O–H groups in total. The third-order valence-electron chi connectivity index (χ3n) is 1.78. The molecule has 0 nitrogen and oxygen atoms in total. The molecule has 10 heavy (non-hydrogen) atoms. The van der Waals surface area contributed by atoms with Crippen LogP contribution in [0.5, 0.6) is 0 Å². The van der Waals surface area contributed by atoms with Gasteiger partial charge in [-0.1, -0.05) is 44.0 Å². The van der Waals surface area contributed by atoms with E-state index in [0.29, 0.717) is 9.65 Å². The molecule has 1 aliphatic carbocycles. The molecule has 0 saturated heterocycles. The molecule has 0 bridgehead atoms. The molecule has 0 aromatic rings. The van der Waals surface area contributed by atoms with Gasteiger partial charge in [-0.25, -0.2) is 0 Å². The van der Waals surface area contributed by atoms with E-state index in [0.717, 1.165) is 0 Å². The number of rotatable bonds is 0. The van der Waals surface area contributed by atoms with E-state index in [4.69, 9.17) is 0 Å². The summed E-state index contributed by atoms with van der Waals surface area (Å²) in [6, 6.07) is 0. The Bertz CT molecular complexity index is 106. The minimum Gasteiger partial charge on any atom is -0.0885 e. The number of hydrogen-bond acceptors (Lipinski definition) is 0. The first-order chi connectivity index (χ1) is 4.80. The summed E-state index contributed by atoms with van der Waals surface area (Å²) in [6.07, 6.45) is 9.52. The quantitative estimate of drug-likeness (QED) is 0.464. The average molecular weight is 268 g/mol. The van der Waals surface area contributed by atoms with Gasteiger partial charge in [-0.05, 0) is 25.7 Å². The fourth-order valence-electron chi connectivity index (χ4n) is 1.11. The standard InChI is InChI=1S/C8H12Br2/c9-7-5-3-1-2-4-6-8(7)10/h1-2,7-8H,3-6H2/t7-,8-/m0/s1. The zero-order valence-corrected chi connectivity index (χ0v) is 9.07. The second kappa shape index (κ2) is 4.55. The Morgan fingerprint density at radius 3 is 1.70 bits per heavy atom. The topological polar surface area (TPSA) is 0 Å². The fraction of sp³-hybridized carbons (Fsp3) is 0.750. The fourth-order valence-corrected chi connectivity index (χ4v) is 2.17. The van der Waals surface area contributed by atoms with Gasteiger partial charge < -0.3 is 0 Å². The second-order valence-electron chi connectivity index (χ2n) is 2.66. The zero-order valence-electron chi connectivity index (χ0n) is 5.89. The molecule has 0 radical (unpaired) electrons. The van der Waals surface area contributed by atoms with Crippen molar-refractivity contribution in [2.75, 3.05) is 0 Å². The van der Waals surface area contributed by atoms with E-state index in [2.05, 4.69) is 44.0 Å². The maximum absolute atomic E-state index is 3.66. The smallest absolute Gasteiger partial charge is 0.0274 e. The second-order valence-corrected chi connectivity index (χ2v) is 5.01. The maximum Gasteiger partial charge on any atom is 0.0274 e. The van der Waals surface area contributed by atoms with Gasteiger partial charge in [-0.15, -0.1) is 0 Å². The van der Waals surface area contributed by atoms with E-state index in [1.165, 1.54) is 25.7 Å². The van der Waals surface area contributed by atoms with Crippen molar-refractivity contribution in [1.82, 2.24) is 0 Å². The normalized spacial score (nSPS) is 35.0. The number of allylic oxidation sites excluding steroid dienone is 2. The molecular formula is C8H12Br2. The van der Waals surface area contributed by atoms with Crippen LogP contribution in [0.25, 0.3) is 0 Å². The highest BCUT2D eigenvalue weighted by Gasteiger charge is 2.14. The molecule has 0 amide bonds. The van der Waals surface area contributed by atoms with Crippen molar-refractivity contribution in [1.29, 1.82) is 0 Å². The SMILES string of the molecule is Br[C@H]1CCC=CCC[C@@H]1Br. The van der Waals surface area contributed by atoms with Crippen LogP contribution in [0.3, 0.4) is 0 Å². The van der Waals surface area contributed by atoms with Crippen LogP contribution in [0.1, 0.15) is 25.7 Å². The van der Waals surface area contributed by atoms with Crippen molar-refractivity contribution in [3.63, 3.8) is 0 Å². The average Bonchev–Trinajstić information content (AvgIpc) is 1.92. The lowest BCUT2D eigenvalue weighted by Crippen LogP contribution is -2.14. The molecule has 58 valence electrons. The molecule has 0 unspecified atom stereocenters. The van der Waals surface area contributed by atoms with Crippen molar-refractivity contribution in [3.05, 3.63) is 12.2 Å². The maximum atomic E-state index is 3.66. The molecule has 2 heteroatoms. The zero-order chi connectivity index (χ0) is 7.40. The molecule has 0 aromatic carbocycles. The molecule has 0 aliphatic heterocycles. The van der Waals surface area contributed by atoms with Gasteiger partial charge in [0.05, 0.1) is 0 Å². The molecule has 0 fully saturated rings. The first-order valence-electron chi connectivity index (χ1n) is 3.74. The van der Waals surface area contributed by atoms with E-state index in [-0.39, 0.29) is 0 Å². The molecule has 0 saturated carbocycles. The lowest BCUT2D eigenvalue weighted by Gasteiger charge is -2.16. The van der Waals surface area contributed by atoms with Crippen LogP contribution in [0.2, 0.25) is 0 Å². The highest BCUT2D eigenvalue weighted by atomic mass is 79.9. The van der Waals surface area contributed by atoms with Crippen LogP contribution < -0.4 is 0 Å². The molecule has 0 heterocycles. The van der Waals surface area contributed by atoms with Crippen LogP contribution in [0.4, 0.5) is 0 Å². The summed E-state index contributed by atoms with van der Waals surface area (Å²) in [5.41, 5.74) is 0. The summed E-state index contributed by atoms with van der Waals surface area (Å²) in [7, 11) is 0. The van der Waals surface area contributed by atoms with E-state index < -0.39 is 0 Å². The Morgan fingerprint density at radius 2 is 1.30 bits per heavy atom. The van der Waals surface area contributed by atoms with E-state index >= 15 is 0 Å². The van der Waals surface area contributed by atoms with Crippen molar-refractivity contribution < 1.29 is 0 Å². The van der Waals surface area contributed by atoms with Gasteiger partial charge in [0.25, 0.3) is 0 Å². The van der Waals surface area contributed by atoms with Gasteiger partial charge in [-0.2, -0.15) is 0 Å². The summed E-state index contributed by atoms with van der Waals surface area (Å²) < 4.78 is 0. The monoisotopic (exact) mass is 266 g/mol. The van der Waals surface area contributed by atoms with Crippen molar-refractivity contribution in [2.45, 2.75) is 35.3 Å². The number of hydrogen-bond donors (Lipinski definition) is 0. The first-order valence-corrected chi connectivity index (χ1v) is 5.57. The lowest BCUT2D eigenvalue weighted by atomic mass is 10.1. The van der Waals surface area contributed by atoms with Crippen LogP contribution in [-0.4, -0.2) is 9.65 Å². The van der Waals surface area contributed by atoms with Gasteiger partial charge in [-0.3, -0.25) is 0 Å². The molecule has 0 spiro atoms. The minimum atomic E-state index is 0.664. The number of alkyl halides is 2. The minimum absolute atomic E-state index is 0.664. The lowest BCUT2D eigenvalue weighted by molar-refractivity contribution is 0.684. The summed E-state index contributed by atoms with van der Waals surface area (Å²) >= 11 is 7.32. The molecule has 2 atom stereocenters. The molecule has 0 aromatic heterocycles. The van der Waals surface area contributed by atoms with Gasteiger partial charge >= 0.3 is 0 Å². The van der Waals surface area contributed by atoms with Crippen LogP contribution >= 0.6 is 31.9 Å². The first kappa shape index (κ1) is 8.79. The molecule has 1 aliphatic rings. The van der Waals surface area contributed by atoms with Gasteiger partial charge in [0.1, 0.15) is 0 Å². The predicted octanol–water partition coefficient (Wildman–Crippen LogP) is 3.64. The summed E-state index contributed by atoms with van der Waals surface area (Å²) in [5.74, 6) is 0. The Labute approximate surface area is 79.3 Å². The van der Waals surface area contributed by atoms with E-state index in [1.807, 2.05) is 0 Å². The molecular weight excluding hydrogens is 256 g/mol. The van der Waals surface area contributed by atoms with Gasteiger partial charge in [0, 0.05) is 9.65 Å². The van der Waals surface area contributed by atoms with Gasteiger partial charge in [0.2, 0.25) is 0 Å². The third-order valence-corrected chi connectivity index (χ3v) is 4.68. The Hall–Kier alpha value is 0.700. The Kier molecular flexibility index (Phi) is 4.00. The van der Waals surface area contributed by atoms with Crippen molar-refractivity contribution >= 4 is 31.9 Å². The summed E-state index contributed by atoms with van der Waals surface area (Å²) in [4.78, 5) is 1.33. The Morgan fingerprint density at radius 1 is 0.900 bits per heavy atom. The van der Waals surface area contributed by atoms with Gasteiger partial charge in [0.15, 0.2) is 0 Å². The number of halogens is 2. The van der Waals surface area contributed by atoms with E-state index in [1.54, 1.807) is 0 Å². The molecule has 1 rings (SSSR count). The summed E-state index contributed by atoms with van der Waals surface area (Å²) in [5, 5.41) is 0. The highest BCUT2D eigenvalue weighted by molar-refractivity contribution is 9.12. The summed E-state index contributed by atoms with van der Waals surface area (Å²) in [6.45, 7) is 0. The highest BCUT2D eigenvalue weighted by Crippen LogP contribution is 2.25. The van der Waals surface area contributed by atoms with Crippen LogP contribution in [-0.2, 0) is 0 Å². The third kappa shape index (κ3) is 2.75. The predicted molar refractivity (Wildman–Crippen MR) is 53.0 cm³/mol. The van der Waals surface area contributed by atoms with E-state index in [9.17, 15) is 0 Å².